The summed E-state index contributed by atoms with van der Waals surface area (Å²) in [6.07, 6.45) is 2.81. The summed E-state index contributed by atoms with van der Waals surface area (Å²) in [5.41, 5.74) is 0. The Balaban J connectivity index is 2.62. The maximum Gasteiger partial charge on any atom is 0.323 e. The number of nitrogens with zero attached hydrogens (tertiary/aromatic N) is 2. The average molecular weight is 228 g/mol. The molecule has 1 unspecified atom stereocenters. The number of carboxylic acid groups (broad SMARTS) is 1. The lowest BCUT2D eigenvalue weighted by atomic mass is 10.2. The molecule has 0 aromatic rings. The highest BCUT2D eigenvalue weighted by Crippen LogP contribution is 2.18. The molecule has 0 aliphatic carbocycles. The topological polar surface area (TPSA) is 60.9 Å². The Morgan fingerprint density at radius 1 is 1.50 bits per heavy atom. The van der Waals surface area contributed by atoms with E-state index in [9.17, 15) is 9.59 Å². The third-order valence-corrected chi connectivity index (χ3v) is 2.89. The molecular formula is C11H20N2O3. The Morgan fingerprint density at radius 2 is 2.19 bits per heavy atom. The fraction of sp³-hybridized carbons (Fsp3) is 0.818. The van der Waals surface area contributed by atoms with Crippen LogP contribution in [-0.2, 0) is 4.79 Å². The van der Waals surface area contributed by atoms with Gasteiger partial charge in [0.25, 0.3) is 0 Å². The first-order chi connectivity index (χ1) is 7.56. The predicted octanol–water partition coefficient (Wildman–Crippen LogP) is 1.39. The minimum atomic E-state index is -0.950. The Hall–Kier alpha value is -1.26. The first-order valence-electron chi connectivity index (χ1n) is 5.83. The van der Waals surface area contributed by atoms with Crippen LogP contribution < -0.4 is 0 Å². The summed E-state index contributed by atoms with van der Waals surface area (Å²) in [5, 5.41) is 8.76. The number of carbonyl (C=O) groups is 2. The molecule has 1 saturated heterocycles. The summed E-state index contributed by atoms with van der Waals surface area (Å²) >= 11 is 0. The van der Waals surface area contributed by atoms with Crippen LogP contribution in [0.5, 0.6) is 0 Å². The van der Waals surface area contributed by atoms with Crippen LogP contribution in [0.4, 0.5) is 4.79 Å². The van der Waals surface area contributed by atoms with Crippen molar-refractivity contribution in [2.45, 2.75) is 39.2 Å². The molecule has 1 aliphatic heterocycles. The van der Waals surface area contributed by atoms with E-state index in [2.05, 4.69) is 0 Å². The largest absolute Gasteiger partial charge is 0.480 e. The molecule has 1 fully saturated rings. The predicted molar refractivity (Wildman–Crippen MR) is 60.3 cm³/mol. The Bertz CT molecular complexity index is 268. The highest BCUT2D eigenvalue weighted by atomic mass is 16.4. The third kappa shape index (κ3) is 3.12. The maximum atomic E-state index is 12.1. The van der Waals surface area contributed by atoms with Crippen molar-refractivity contribution in [2.75, 3.05) is 19.6 Å². The number of hydrogen-bond acceptors (Lipinski definition) is 2. The minimum Gasteiger partial charge on any atom is -0.480 e. The minimum absolute atomic E-state index is 0.130. The molecule has 0 aromatic carbocycles. The van der Waals surface area contributed by atoms with Crippen molar-refractivity contribution in [3.63, 3.8) is 0 Å². The Kier molecular flexibility index (Phi) is 4.58. The lowest BCUT2D eigenvalue weighted by Crippen LogP contribution is -2.46. The van der Waals surface area contributed by atoms with E-state index in [1.165, 1.54) is 4.90 Å². The van der Waals surface area contributed by atoms with Crippen LogP contribution in [-0.4, -0.2) is 52.6 Å². The lowest BCUT2D eigenvalue weighted by Gasteiger charge is -2.29. The number of urea groups is 1. The number of rotatable bonds is 4. The molecule has 5 nitrogen and oxygen atoms in total. The van der Waals surface area contributed by atoms with Crippen molar-refractivity contribution in [1.82, 2.24) is 9.80 Å². The van der Waals surface area contributed by atoms with Gasteiger partial charge in [-0.15, -0.1) is 0 Å². The van der Waals surface area contributed by atoms with E-state index < -0.39 is 5.97 Å². The lowest BCUT2D eigenvalue weighted by molar-refractivity contribution is -0.137. The van der Waals surface area contributed by atoms with Crippen LogP contribution in [0.2, 0.25) is 0 Å². The quantitative estimate of drug-likeness (QED) is 0.791. The van der Waals surface area contributed by atoms with E-state index in [1.807, 2.05) is 13.8 Å². The van der Waals surface area contributed by atoms with Crippen LogP contribution in [0, 0.1) is 0 Å². The highest BCUT2D eigenvalue weighted by molar-refractivity contribution is 5.80. The molecule has 0 bridgehead atoms. The average Bonchev–Trinajstić information content (AvgIpc) is 2.62. The summed E-state index contributed by atoms with van der Waals surface area (Å²) in [6.45, 7) is 5.01. The van der Waals surface area contributed by atoms with Gasteiger partial charge in [-0.2, -0.15) is 0 Å². The van der Waals surface area contributed by atoms with Crippen molar-refractivity contribution in [1.29, 1.82) is 0 Å². The van der Waals surface area contributed by atoms with Gasteiger partial charge in [-0.05, 0) is 26.2 Å². The van der Waals surface area contributed by atoms with E-state index in [1.54, 1.807) is 4.90 Å². The van der Waals surface area contributed by atoms with Crippen molar-refractivity contribution in [3.05, 3.63) is 0 Å². The number of amides is 2. The normalized spacial score (nSPS) is 19.9. The van der Waals surface area contributed by atoms with Crippen LogP contribution in [0.3, 0.4) is 0 Å². The van der Waals surface area contributed by atoms with Gasteiger partial charge < -0.3 is 14.9 Å². The molecule has 5 heteroatoms. The summed E-state index contributed by atoms with van der Waals surface area (Å²) in [4.78, 5) is 25.9. The van der Waals surface area contributed by atoms with Crippen molar-refractivity contribution >= 4 is 12.0 Å². The monoisotopic (exact) mass is 228 g/mol. The Morgan fingerprint density at radius 3 is 2.62 bits per heavy atom. The number of hydrogen-bond donors (Lipinski definition) is 1. The van der Waals surface area contributed by atoms with Crippen LogP contribution in [0.15, 0.2) is 0 Å². The van der Waals surface area contributed by atoms with Crippen LogP contribution in [0.1, 0.15) is 33.1 Å². The van der Waals surface area contributed by atoms with Crippen molar-refractivity contribution in [2.24, 2.45) is 0 Å². The molecule has 92 valence electrons. The maximum absolute atomic E-state index is 12.1. The van der Waals surface area contributed by atoms with Gasteiger partial charge in [-0.25, -0.2) is 4.79 Å². The number of carboxylic acids is 1. The second-order valence-corrected chi connectivity index (χ2v) is 4.28. The SMILES string of the molecule is CCCN(CC(=O)O)C(=O)N1CCCC1C. The Labute approximate surface area is 96.0 Å². The van der Waals surface area contributed by atoms with Crippen LogP contribution in [0.25, 0.3) is 0 Å². The summed E-state index contributed by atoms with van der Waals surface area (Å²) in [7, 11) is 0. The smallest absolute Gasteiger partial charge is 0.323 e. The standard InChI is InChI=1S/C11H20N2O3/c1-3-6-12(8-10(14)15)11(16)13-7-4-5-9(13)2/h9H,3-8H2,1-2H3,(H,14,15). The van der Waals surface area contributed by atoms with Gasteiger partial charge >= 0.3 is 12.0 Å². The van der Waals surface area contributed by atoms with E-state index >= 15 is 0 Å². The van der Waals surface area contributed by atoms with E-state index in [-0.39, 0.29) is 18.6 Å². The first kappa shape index (κ1) is 12.8. The zero-order valence-corrected chi connectivity index (χ0v) is 9.98. The molecular weight excluding hydrogens is 208 g/mol. The molecule has 0 saturated carbocycles. The van der Waals surface area contributed by atoms with E-state index in [4.69, 9.17) is 5.11 Å². The molecule has 1 rings (SSSR count). The van der Waals surface area contributed by atoms with Gasteiger partial charge in [0.15, 0.2) is 0 Å². The summed E-state index contributed by atoms with van der Waals surface area (Å²) in [5.74, 6) is -0.950. The molecule has 1 N–H and O–H groups in total. The van der Waals surface area contributed by atoms with Crippen LogP contribution >= 0.6 is 0 Å². The zero-order valence-electron chi connectivity index (χ0n) is 9.98. The molecule has 1 aliphatic rings. The zero-order chi connectivity index (χ0) is 12.1. The fourth-order valence-corrected chi connectivity index (χ4v) is 2.07. The first-order valence-corrected chi connectivity index (χ1v) is 5.83. The molecule has 0 radical (unpaired) electrons. The number of aliphatic carboxylic acids is 1. The van der Waals surface area contributed by atoms with Gasteiger partial charge in [0, 0.05) is 19.1 Å². The van der Waals surface area contributed by atoms with Gasteiger partial charge in [0.1, 0.15) is 6.54 Å². The number of carbonyl (C=O) groups excluding carboxylic acids is 1. The molecule has 1 heterocycles. The molecule has 16 heavy (non-hydrogen) atoms. The second kappa shape index (κ2) is 5.72. The second-order valence-electron chi connectivity index (χ2n) is 4.28. The molecule has 0 spiro atoms. The molecule has 0 aromatic heterocycles. The van der Waals surface area contributed by atoms with Crippen molar-refractivity contribution < 1.29 is 14.7 Å². The van der Waals surface area contributed by atoms with Crippen molar-refractivity contribution in [3.8, 4) is 0 Å². The van der Waals surface area contributed by atoms with E-state index in [0.717, 1.165) is 25.8 Å². The van der Waals surface area contributed by atoms with Gasteiger partial charge in [-0.3, -0.25) is 4.79 Å². The van der Waals surface area contributed by atoms with E-state index in [0.29, 0.717) is 6.54 Å². The summed E-state index contributed by atoms with van der Waals surface area (Å²) < 4.78 is 0. The third-order valence-electron chi connectivity index (χ3n) is 2.89. The summed E-state index contributed by atoms with van der Waals surface area (Å²) in [6, 6.07) is 0.106. The van der Waals surface area contributed by atoms with Gasteiger partial charge in [0.2, 0.25) is 0 Å². The highest BCUT2D eigenvalue weighted by Gasteiger charge is 2.29. The van der Waals surface area contributed by atoms with Gasteiger partial charge in [-0.1, -0.05) is 6.92 Å². The molecule has 1 atom stereocenters. The molecule has 2 amide bonds. The van der Waals surface area contributed by atoms with Gasteiger partial charge in [0.05, 0.1) is 0 Å². The number of likely N-dealkylation sites (tertiary alicyclic amines) is 1. The fourth-order valence-electron chi connectivity index (χ4n) is 2.07.